The highest BCUT2D eigenvalue weighted by molar-refractivity contribution is 6.03. The van der Waals surface area contributed by atoms with Crippen LogP contribution in [0.2, 0.25) is 0 Å². The summed E-state index contributed by atoms with van der Waals surface area (Å²) >= 11 is 0. The molecule has 6 nitrogen and oxygen atoms in total. The number of amides is 2. The van der Waals surface area contributed by atoms with E-state index in [1.54, 1.807) is 29.2 Å². The van der Waals surface area contributed by atoms with Crippen molar-refractivity contribution in [2.45, 2.75) is 25.6 Å². The zero-order chi connectivity index (χ0) is 27.8. The molecule has 2 amide bonds. The van der Waals surface area contributed by atoms with Crippen molar-refractivity contribution in [1.29, 1.82) is 0 Å². The maximum absolute atomic E-state index is 15.0. The Balaban J connectivity index is 1.63. The summed E-state index contributed by atoms with van der Waals surface area (Å²) in [7, 11) is 0. The summed E-state index contributed by atoms with van der Waals surface area (Å²) in [5.74, 6) is -1.29. The van der Waals surface area contributed by atoms with Gasteiger partial charge in [-0.15, -0.1) is 13.2 Å². The number of rotatable bonds is 6. The number of alkyl halides is 3. The molecule has 0 radical (unpaired) electrons. The molecule has 0 aliphatic carbocycles. The van der Waals surface area contributed by atoms with Crippen LogP contribution in [0, 0.1) is 5.82 Å². The van der Waals surface area contributed by atoms with Crippen molar-refractivity contribution in [1.82, 2.24) is 0 Å². The number of benzene rings is 3. The van der Waals surface area contributed by atoms with Gasteiger partial charge in [-0.25, -0.2) is 9.18 Å². The van der Waals surface area contributed by atoms with Crippen molar-refractivity contribution in [3.8, 4) is 11.5 Å². The van der Waals surface area contributed by atoms with E-state index in [4.69, 9.17) is 0 Å². The van der Waals surface area contributed by atoms with Gasteiger partial charge in [0.1, 0.15) is 17.3 Å². The number of phenols is 1. The van der Waals surface area contributed by atoms with Crippen molar-refractivity contribution >= 4 is 34.4 Å². The van der Waals surface area contributed by atoms with E-state index in [2.05, 4.69) is 28.5 Å². The van der Waals surface area contributed by atoms with E-state index >= 15 is 0 Å². The van der Waals surface area contributed by atoms with Crippen LogP contribution in [-0.2, 0) is 5.41 Å². The Bertz CT molecular complexity index is 1420. The first kappa shape index (κ1) is 26.6. The van der Waals surface area contributed by atoms with Gasteiger partial charge in [-0.3, -0.25) is 0 Å². The van der Waals surface area contributed by atoms with Crippen molar-refractivity contribution in [2.75, 3.05) is 22.1 Å². The number of urea groups is 1. The molecule has 0 bridgehead atoms. The second kappa shape index (κ2) is 9.77. The lowest BCUT2D eigenvalue weighted by Crippen LogP contribution is -2.27. The standard InChI is InChI=1S/C28H25F4N3O3/c1-5-16(2)23-19(29)14-22(36)25-24(23)27(3,4)15-35(25)21-9-7-6-8-20(21)34-26(37)33-17-10-12-18(13-11-17)38-28(30,31)32/h5-14,36H,1-2,15H2,3-4H3,(H2,33,34,37). The molecule has 3 N–H and O–H groups in total. The predicted molar refractivity (Wildman–Crippen MR) is 140 cm³/mol. The largest absolute Gasteiger partial charge is 0.573 e. The Kier molecular flexibility index (Phi) is 6.84. The smallest absolute Gasteiger partial charge is 0.506 e. The first-order valence-corrected chi connectivity index (χ1v) is 11.5. The number of hydrogen-bond acceptors (Lipinski definition) is 4. The fourth-order valence-electron chi connectivity index (χ4n) is 4.57. The topological polar surface area (TPSA) is 73.8 Å². The minimum absolute atomic E-state index is 0.239. The quantitative estimate of drug-likeness (QED) is 0.227. The molecule has 0 spiro atoms. The molecule has 0 atom stereocenters. The minimum atomic E-state index is -4.82. The number of phenolic OH excluding ortho intramolecular Hbond substituents is 1. The highest BCUT2D eigenvalue weighted by Crippen LogP contribution is 2.53. The minimum Gasteiger partial charge on any atom is -0.506 e. The number of hydrogen-bond donors (Lipinski definition) is 3. The molecule has 0 fully saturated rings. The average molecular weight is 528 g/mol. The van der Waals surface area contributed by atoms with Gasteiger partial charge in [0.05, 0.1) is 17.1 Å². The van der Waals surface area contributed by atoms with Crippen molar-refractivity contribution in [3.63, 3.8) is 0 Å². The van der Waals surface area contributed by atoms with Crippen molar-refractivity contribution in [2.24, 2.45) is 0 Å². The fraction of sp³-hybridized carbons (Fsp3) is 0.179. The number of carbonyl (C=O) groups excluding carboxylic acids is 1. The van der Waals surface area contributed by atoms with Crippen LogP contribution in [0.3, 0.4) is 0 Å². The van der Waals surface area contributed by atoms with Crippen LogP contribution in [0.5, 0.6) is 11.5 Å². The second-order valence-electron chi connectivity index (χ2n) is 9.34. The SMILES string of the molecule is C=CC(=C)c1c(F)cc(O)c2c1C(C)(C)CN2c1ccccc1NC(=O)Nc1ccc(OC(F)(F)F)cc1. The lowest BCUT2D eigenvalue weighted by molar-refractivity contribution is -0.274. The number of ether oxygens (including phenoxy) is 1. The highest BCUT2D eigenvalue weighted by atomic mass is 19.4. The summed E-state index contributed by atoms with van der Waals surface area (Å²) in [6, 6.07) is 12.0. The van der Waals surface area contributed by atoms with Gasteiger partial charge in [-0.2, -0.15) is 0 Å². The summed E-state index contributed by atoms with van der Waals surface area (Å²) in [4.78, 5) is 14.6. The Morgan fingerprint density at radius 1 is 1.13 bits per heavy atom. The van der Waals surface area contributed by atoms with Gasteiger partial charge < -0.3 is 25.4 Å². The van der Waals surface area contributed by atoms with Crippen LogP contribution >= 0.6 is 0 Å². The van der Waals surface area contributed by atoms with Gasteiger partial charge in [0, 0.05) is 29.3 Å². The van der Waals surface area contributed by atoms with E-state index in [0.717, 1.165) is 18.2 Å². The molecule has 1 aliphatic rings. The molecular weight excluding hydrogens is 502 g/mol. The number of allylic oxidation sites excluding steroid dienone is 2. The number of carbonyl (C=O) groups is 1. The molecule has 3 aromatic rings. The third-order valence-corrected chi connectivity index (χ3v) is 6.09. The molecule has 1 heterocycles. The van der Waals surface area contributed by atoms with Crippen LogP contribution in [-0.4, -0.2) is 24.0 Å². The van der Waals surface area contributed by atoms with E-state index in [1.165, 1.54) is 18.2 Å². The predicted octanol–water partition coefficient (Wildman–Crippen LogP) is 7.70. The molecule has 0 saturated heterocycles. The van der Waals surface area contributed by atoms with E-state index in [-0.39, 0.29) is 17.0 Å². The first-order valence-electron chi connectivity index (χ1n) is 11.5. The maximum Gasteiger partial charge on any atom is 0.573 e. The normalized spacial score (nSPS) is 14.0. The van der Waals surface area contributed by atoms with E-state index in [0.29, 0.717) is 34.7 Å². The van der Waals surface area contributed by atoms with E-state index in [1.807, 2.05) is 13.8 Å². The van der Waals surface area contributed by atoms with Crippen LogP contribution in [0.15, 0.2) is 73.8 Å². The summed E-state index contributed by atoms with van der Waals surface area (Å²) in [5.41, 5.74) is 2.17. The molecule has 4 rings (SSSR count). The number of fused-ring (bicyclic) bond motifs is 1. The van der Waals surface area contributed by atoms with Gasteiger partial charge in [0.15, 0.2) is 0 Å². The monoisotopic (exact) mass is 527 g/mol. The van der Waals surface area contributed by atoms with Crippen LogP contribution in [0.1, 0.15) is 25.0 Å². The van der Waals surface area contributed by atoms with E-state index in [9.17, 15) is 27.5 Å². The Morgan fingerprint density at radius 2 is 1.79 bits per heavy atom. The summed E-state index contributed by atoms with van der Waals surface area (Å²) in [5, 5.41) is 16.1. The van der Waals surface area contributed by atoms with Crippen LogP contribution in [0.4, 0.5) is 45.1 Å². The summed E-state index contributed by atoms with van der Waals surface area (Å²) in [6.07, 6.45) is -3.37. The van der Waals surface area contributed by atoms with Gasteiger partial charge in [0.2, 0.25) is 0 Å². The molecule has 10 heteroatoms. The molecular formula is C28H25F4N3O3. The number of nitrogens with zero attached hydrogens (tertiary/aromatic N) is 1. The zero-order valence-corrected chi connectivity index (χ0v) is 20.6. The molecule has 3 aromatic carbocycles. The summed E-state index contributed by atoms with van der Waals surface area (Å²) < 4.78 is 55.9. The molecule has 1 aliphatic heterocycles. The van der Waals surface area contributed by atoms with Gasteiger partial charge in [-0.05, 0) is 47.5 Å². The lowest BCUT2D eigenvalue weighted by atomic mass is 9.81. The lowest BCUT2D eigenvalue weighted by Gasteiger charge is -2.25. The number of para-hydroxylation sites is 2. The fourth-order valence-corrected chi connectivity index (χ4v) is 4.57. The molecule has 38 heavy (non-hydrogen) atoms. The number of halogens is 4. The Labute approximate surface area is 216 Å². The van der Waals surface area contributed by atoms with Crippen molar-refractivity contribution < 1.29 is 32.2 Å². The third kappa shape index (κ3) is 5.29. The Morgan fingerprint density at radius 3 is 2.42 bits per heavy atom. The Hall–Kier alpha value is -4.47. The second-order valence-corrected chi connectivity index (χ2v) is 9.34. The van der Waals surface area contributed by atoms with Gasteiger partial charge in [-0.1, -0.05) is 45.2 Å². The molecule has 0 aromatic heterocycles. The first-order chi connectivity index (χ1) is 17.8. The molecule has 0 unspecified atom stereocenters. The van der Waals surface area contributed by atoms with Gasteiger partial charge >= 0.3 is 12.4 Å². The van der Waals surface area contributed by atoms with Crippen LogP contribution < -0.4 is 20.3 Å². The highest BCUT2D eigenvalue weighted by Gasteiger charge is 2.42. The summed E-state index contributed by atoms with van der Waals surface area (Å²) in [6.45, 7) is 11.8. The number of aromatic hydroxyl groups is 1. The average Bonchev–Trinajstić information content (AvgIpc) is 3.11. The number of anilines is 4. The van der Waals surface area contributed by atoms with Crippen LogP contribution in [0.25, 0.3) is 5.57 Å². The third-order valence-electron chi connectivity index (χ3n) is 6.09. The number of nitrogens with one attached hydrogen (secondary N) is 2. The molecule has 198 valence electrons. The van der Waals surface area contributed by atoms with Crippen molar-refractivity contribution in [3.05, 3.63) is 90.8 Å². The molecule has 0 saturated carbocycles. The zero-order valence-electron chi connectivity index (χ0n) is 20.6. The van der Waals surface area contributed by atoms with E-state index < -0.39 is 29.4 Å². The van der Waals surface area contributed by atoms with Gasteiger partial charge in [0.25, 0.3) is 0 Å². The maximum atomic E-state index is 15.0.